The van der Waals surface area contributed by atoms with Gasteiger partial charge in [-0.15, -0.1) is 10.2 Å². The topological polar surface area (TPSA) is 63.1 Å². The minimum absolute atomic E-state index is 0.0315. The molecule has 0 saturated carbocycles. The number of nitrogens with zero attached hydrogens (tertiary/aromatic N) is 4. The average molecular weight is 382 g/mol. The molecule has 1 saturated heterocycles. The smallest absolute Gasteiger partial charge is 0.223 e. The Morgan fingerprint density at radius 1 is 1.07 bits per heavy atom. The van der Waals surface area contributed by atoms with Gasteiger partial charge in [0.1, 0.15) is 0 Å². The van der Waals surface area contributed by atoms with Crippen molar-refractivity contribution >= 4 is 22.4 Å². The number of carbonyl (C=O) groups is 1. The molecule has 140 valence electrons. The van der Waals surface area contributed by atoms with Gasteiger partial charge in [-0.25, -0.2) is 0 Å². The molecule has 0 bridgehead atoms. The van der Waals surface area contributed by atoms with E-state index in [2.05, 4.69) is 20.4 Å². The minimum atomic E-state index is 0.0315. The lowest BCUT2D eigenvalue weighted by atomic mass is 9.95. The largest absolute Gasteiger partial charge is 0.349 e. The molecule has 0 aliphatic carbocycles. The Morgan fingerprint density at radius 3 is 2.44 bits per heavy atom. The predicted octanol–water partition coefficient (Wildman–Crippen LogP) is 3.42. The van der Waals surface area contributed by atoms with Crippen molar-refractivity contribution in [3.63, 3.8) is 0 Å². The van der Waals surface area contributed by atoms with E-state index in [9.17, 15) is 4.79 Å². The first-order valence-corrected chi connectivity index (χ1v) is 10.1. The maximum atomic E-state index is 12.6. The third-order valence-corrected chi connectivity index (χ3v) is 6.02. The molecule has 4 rings (SSSR count). The SMILES string of the molecule is C[C@@H](NC(=O)C1CCN(c2nnc(-n3cccc3)s2)CC1)c1ccccc1. The van der Waals surface area contributed by atoms with Crippen LogP contribution in [0.1, 0.15) is 31.4 Å². The van der Waals surface area contributed by atoms with E-state index in [0.29, 0.717) is 0 Å². The molecule has 1 atom stereocenters. The van der Waals surface area contributed by atoms with Crippen LogP contribution in [0.3, 0.4) is 0 Å². The second kappa shape index (κ2) is 7.92. The van der Waals surface area contributed by atoms with Gasteiger partial charge in [0.2, 0.25) is 16.2 Å². The van der Waals surface area contributed by atoms with Crippen molar-refractivity contribution in [3.05, 3.63) is 60.4 Å². The summed E-state index contributed by atoms with van der Waals surface area (Å²) in [7, 11) is 0. The molecule has 2 aromatic heterocycles. The molecule has 1 aromatic carbocycles. The fourth-order valence-corrected chi connectivity index (χ4v) is 4.26. The molecule has 0 spiro atoms. The molecule has 27 heavy (non-hydrogen) atoms. The zero-order valence-corrected chi connectivity index (χ0v) is 16.1. The van der Waals surface area contributed by atoms with Crippen molar-refractivity contribution in [2.24, 2.45) is 5.92 Å². The number of anilines is 1. The van der Waals surface area contributed by atoms with Gasteiger partial charge in [0.15, 0.2) is 0 Å². The Balaban J connectivity index is 1.31. The van der Waals surface area contributed by atoms with Crippen LogP contribution in [0.2, 0.25) is 0 Å². The molecule has 7 heteroatoms. The molecule has 1 fully saturated rings. The normalized spacial score (nSPS) is 16.3. The number of amides is 1. The lowest BCUT2D eigenvalue weighted by Crippen LogP contribution is -2.41. The Morgan fingerprint density at radius 2 is 1.74 bits per heavy atom. The monoisotopic (exact) mass is 381 g/mol. The van der Waals surface area contributed by atoms with Crippen molar-refractivity contribution in [3.8, 4) is 5.13 Å². The molecule has 1 aliphatic rings. The number of hydrogen-bond donors (Lipinski definition) is 1. The number of carbonyl (C=O) groups excluding carboxylic acids is 1. The van der Waals surface area contributed by atoms with Crippen LogP contribution in [0, 0.1) is 5.92 Å². The maximum Gasteiger partial charge on any atom is 0.223 e. The number of nitrogens with one attached hydrogen (secondary N) is 1. The lowest BCUT2D eigenvalue weighted by Gasteiger charge is -2.31. The predicted molar refractivity (Wildman–Crippen MR) is 107 cm³/mol. The Kier molecular flexibility index (Phi) is 5.20. The molecular weight excluding hydrogens is 358 g/mol. The Labute approximate surface area is 162 Å². The van der Waals surface area contributed by atoms with Crippen molar-refractivity contribution in [1.82, 2.24) is 20.1 Å². The van der Waals surface area contributed by atoms with E-state index in [-0.39, 0.29) is 17.9 Å². The summed E-state index contributed by atoms with van der Waals surface area (Å²) in [6.45, 7) is 3.70. The van der Waals surface area contributed by atoms with E-state index in [1.807, 2.05) is 66.3 Å². The number of hydrogen-bond acceptors (Lipinski definition) is 5. The zero-order valence-electron chi connectivity index (χ0n) is 15.3. The number of aromatic nitrogens is 3. The average Bonchev–Trinajstić information content (AvgIpc) is 3.40. The summed E-state index contributed by atoms with van der Waals surface area (Å²) in [5.74, 6) is 0.209. The summed E-state index contributed by atoms with van der Waals surface area (Å²) in [6.07, 6.45) is 5.61. The van der Waals surface area contributed by atoms with Crippen molar-refractivity contribution in [2.75, 3.05) is 18.0 Å². The summed E-state index contributed by atoms with van der Waals surface area (Å²) in [6, 6.07) is 14.1. The summed E-state index contributed by atoms with van der Waals surface area (Å²) < 4.78 is 1.96. The van der Waals surface area contributed by atoms with Crippen molar-refractivity contribution in [2.45, 2.75) is 25.8 Å². The molecule has 0 radical (unpaired) electrons. The molecule has 1 amide bonds. The fraction of sp³-hybridized carbons (Fsp3) is 0.350. The van der Waals surface area contributed by atoms with Gasteiger partial charge in [0.05, 0.1) is 6.04 Å². The second-order valence-electron chi connectivity index (χ2n) is 6.86. The van der Waals surface area contributed by atoms with Crippen LogP contribution in [-0.2, 0) is 4.79 Å². The van der Waals surface area contributed by atoms with Crippen LogP contribution in [0.5, 0.6) is 0 Å². The highest BCUT2D eigenvalue weighted by Gasteiger charge is 2.27. The molecular formula is C20H23N5OS. The van der Waals surface area contributed by atoms with E-state index in [1.165, 1.54) is 0 Å². The molecule has 6 nitrogen and oxygen atoms in total. The summed E-state index contributed by atoms with van der Waals surface area (Å²) in [5.41, 5.74) is 1.13. The molecule has 0 unspecified atom stereocenters. The summed E-state index contributed by atoms with van der Waals surface area (Å²) in [5, 5.41) is 13.5. The van der Waals surface area contributed by atoms with Crippen LogP contribution >= 0.6 is 11.3 Å². The van der Waals surface area contributed by atoms with Crippen LogP contribution in [0.15, 0.2) is 54.9 Å². The highest BCUT2D eigenvalue weighted by atomic mass is 32.1. The summed E-state index contributed by atoms with van der Waals surface area (Å²) >= 11 is 1.58. The maximum absolute atomic E-state index is 12.6. The lowest BCUT2D eigenvalue weighted by molar-refractivity contribution is -0.126. The van der Waals surface area contributed by atoms with Gasteiger partial charge >= 0.3 is 0 Å². The number of benzene rings is 1. The van der Waals surface area contributed by atoms with Crippen molar-refractivity contribution < 1.29 is 4.79 Å². The van der Waals surface area contributed by atoms with Gasteiger partial charge in [0.25, 0.3) is 0 Å². The van der Waals surface area contributed by atoms with E-state index in [4.69, 9.17) is 0 Å². The number of rotatable bonds is 5. The molecule has 1 N–H and O–H groups in total. The van der Waals surface area contributed by atoms with Gasteiger partial charge in [-0.2, -0.15) is 0 Å². The van der Waals surface area contributed by atoms with E-state index in [1.54, 1.807) is 11.3 Å². The molecule has 3 aromatic rings. The third kappa shape index (κ3) is 4.03. The van der Waals surface area contributed by atoms with Gasteiger partial charge in [-0.1, -0.05) is 41.7 Å². The van der Waals surface area contributed by atoms with Crippen LogP contribution in [-0.4, -0.2) is 33.8 Å². The van der Waals surface area contributed by atoms with Crippen LogP contribution < -0.4 is 10.2 Å². The van der Waals surface area contributed by atoms with Gasteiger partial charge in [0, 0.05) is 31.4 Å². The highest BCUT2D eigenvalue weighted by Crippen LogP contribution is 2.28. The van der Waals surface area contributed by atoms with Crippen LogP contribution in [0.25, 0.3) is 5.13 Å². The summed E-state index contributed by atoms with van der Waals surface area (Å²) in [4.78, 5) is 14.9. The highest BCUT2D eigenvalue weighted by molar-refractivity contribution is 7.17. The standard InChI is InChI=1S/C20H23N5OS/c1-15(16-7-3-2-4-8-16)21-18(26)17-9-13-25(14-10-17)20-23-22-19(27-20)24-11-5-6-12-24/h2-8,11-12,15,17H,9-10,13-14H2,1H3,(H,21,26)/t15-/m1/s1. The first kappa shape index (κ1) is 17.7. The Bertz CT molecular complexity index is 869. The van der Waals surface area contributed by atoms with Crippen molar-refractivity contribution in [1.29, 1.82) is 0 Å². The Hall–Kier alpha value is -2.67. The number of piperidine rings is 1. The van der Waals surface area contributed by atoms with Gasteiger partial charge in [-0.05, 0) is 37.5 Å². The quantitative estimate of drug-likeness (QED) is 0.736. The van der Waals surface area contributed by atoms with Gasteiger partial charge in [-0.3, -0.25) is 9.36 Å². The fourth-order valence-electron chi connectivity index (χ4n) is 3.39. The third-order valence-electron chi connectivity index (χ3n) is 5.02. The first-order chi connectivity index (χ1) is 13.2. The second-order valence-corrected chi connectivity index (χ2v) is 7.79. The van der Waals surface area contributed by atoms with E-state index >= 15 is 0 Å². The molecule has 1 aliphatic heterocycles. The minimum Gasteiger partial charge on any atom is -0.349 e. The van der Waals surface area contributed by atoms with Crippen LogP contribution in [0.4, 0.5) is 5.13 Å². The zero-order chi connectivity index (χ0) is 18.6. The van der Waals surface area contributed by atoms with Gasteiger partial charge < -0.3 is 10.2 Å². The first-order valence-electron chi connectivity index (χ1n) is 9.28. The van der Waals surface area contributed by atoms with E-state index in [0.717, 1.165) is 41.8 Å². The molecule has 3 heterocycles. The van der Waals surface area contributed by atoms with E-state index < -0.39 is 0 Å².